The summed E-state index contributed by atoms with van der Waals surface area (Å²) in [5.41, 5.74) is 0.955. The predicted octanol–water partition coefficient (Wildman–Crippen LogP) is 6.20. The van der Waals surface area contributed by atoms with Gasteiger partial charge in [0, 0.05) is 35.8 Å². The molecular formula is C27H36O5. The molecule has 0 aromatic heterocycles. The van der Waals surface area contributed by atoms with E-state index in [2.05, 4.69) is 27.7 Å². The summed E-state index contributed by atoms with van der Waals surface area (Å²) in [6.45, 7) is 12.0. The summed E-state index contributed by atoms with van der Waals surface area (Å²) >= 11 is 0. The molecule has 0 radical (unpaired) electrons. The van der Waals surface area contributed by atoms with Crippen molar-refractivity contribution in [2.45, 2.75) is 67.2 Å². The highest BCUT2D eigenvalue weighted by Gasteiger charge is 2.64. The molecule has 0 heterocycles. The second-order valence-electron chi connectivity index (χ2n) is 10.8. The molecule has 2 aliphatic rings. The Morgan fingerprint density at radius 3 is 2.44 bits per heavy atom. The lowest BCUT2D eigenvalue weighted by atomic mass is 9.56. The number of carbonyl (C=O) groups is 1. The highest BCUT2D eigenvalue weighted by Crippen LogP contribution is 2.69. The van der Waals surface area contributed by atoms with Crippen LogP contribution in [-0.2, 0) is 11.2 Å². The molecule has 5 nitrogen and oxygen atoms in total. The van der Waals surface area contributed by atoms with Crippen LogP contribution in [0.15, 0.2) is 47.5 Å². The number of aromatic hydroxyl groups is 2. The number of aryl methyl sites for hydroxylation is 1. The fourth-order valence-electron chi connectivity index (χ4n) is 5.89. The molecule has 0 saturated heterocycles. The van der Waals surface area contributed by atoms with Crippen molar-refractivity contribution in [3.63, 3.8) is 0 Å². The van der Waals surface area contributed by atoms with Crippen molar-refractivity contribution in [2.75, 3.05) is 0 Å². The van der Waals surface area contributed by atoms with E-state index in [0.29, 0.717) is 36.8 Å². The number of allylic oxidation sites excluding steroid dienone is 5. The molecule has 1 aromatic carbocycles. The zero-order valence-corrected chi connectivity index (χ0v) is 20.0. The maximum Gasteiger partial charge on any atom is 0.137 e. The smallest absolute Gasteiger partial charge is 0.137 e. The molecule has 0 aliphatic heterocycles. The first-order valence-corrected chi connectivity index (χ1v) is 11.2. The van der Waals surface area contributed by atoms with Crippen LogP contribution in [0.4, 0.5) is 0 Å². The van der Waals surface area contributed by atoms with Crippen LogP contribution in [0.1, 0.15) is 65.0 Å². The van der Waals surface area contributed by atoms with Gasteiger partial charge in [0.15, 0.2) is 0 Å². The van der Waals surface area contributed by atoms with Crippen molar-refractivity contribution in [1.29, 1.82) is 0 Å². The van der Waals surface area contributed by atoms with Gasteiger partial charge in [0.1, 0.15) is 23.0 Å². The summed E-state index contributed by atoms with van der Waals surface area (Å²) in [4.78, 5) is 13.1. The van der Waals surface area contributed by atoms with Gasteiger partial charge in [-0.25, -0.2) is 0 Å². The Hall–Kier alpha value is -2.69. The van der Waals surface area contributed by atoms with E-state index in [4.69, 9.17) is 0 Å². The monoisotopic (exact) mass is 440 g/mol. The number of aliphatic hydroxyl groups is 2. The van der Waals surface area contributed by atoms with Crippen LogP contribution < -0.4 is 0 Å². The molecule has 0 unspecified atom stereocenters. The van der Waals surface area contributed by atoms with Gasteiger partial charge in [-0.1, -0.05) is 39.3 Å². The van der Waals surface area contributed by atoms with Crippen LogP contribution in [0, 0.1) is 29.1 Å². The molecule has 2 bridgehead atoms. The number of phenols is 2. The van der Waals surface area contributed by atoms with E-state index in [-0.39, 0.29) is 40.1 Å². The van der Waals surface area contributed by atoms with Gasteiger partial charge in [-0.2, -0.15) is 0 Å². The third-order valence-electron chi connectivity index (χ3n) is 8.31. The maximum atomic E-state index is 13.1. The first kappa shape index (κ1) is 24.0. The Labute approximate surface area is 190 Å². The molecule has 174 valence electrons. The molecule has 32 heavy (non-hydrogen) atoms. The minimum atomic E-state index is -0.464. The van der Waals surface area contributed by atoms with Crippen LogP contribution in [0.25, 0.3) is 0 Å². The summed E-state index contributed by atoms with van der Waals surface area (Å²) in [5.74, 6) is 0.488. The third kappa shape index (κ3) is 3.94. The second kappa shape index (κ2) is 8.02. The molecule has 0 amide bonds. The molecule has 3 rings (SSSR count). The summed E-state index contributed by atoms with van der Waals surface area (Å²) < 4.78 is 0. The normalized spacial score (nSPS) is 29.3. The van der Waals surface area contributed by atoms with Crippen molar-refractivity contribution in [2.24, 2.45) is 22.2 Å². The highest BCUT2D eigenvalue weighted by atomic mass is 16.3. The van der Waals surface area contributed by atoms with Gasteiger partial charge in [0.25, 0.3) is 0 Å². The average Bonchev–Trinajstić information content (AvgIpc) is 2.76. The van der Waals surface area contributed by atoms with Gasteiger partial charge in [-0.15, -0.1) is 0 Å². The predicted molar refractivity (Wildman–Crippen MR) is 126 cm³/mol. The Balaban J connectivity index is 1.76. The van der Waals surface area contributed by atoms with E-state index < -0.39 is 10.8 Å². The van der Waals surface area contributed by atoms with E-state index in [1.165, 1.54) is 12.1 Å². The Morgan fingerprint density at radius 1 is 1.12 bits per heavy atom. The SMILES string of the molecule is C/C(=C\Cc1cc(O)cc(C)c1O)CC(=O)C[C@]1(C)C[C@H]2C(O)=CC(O)=C[C@@]1(C)C2(C)C. The number of fused-ring (bicyclic) bond motifs is 2. The highest BCUT2D eigenvalue weighted by molar-refractivity contribution is 5.81. The molecule has 3 atom stereocenters. The summed E-state index contributed by atoms with van der Waals surface area (Å²) in [6.07, 6.45) is 6.92. The first-order chi connectivity index (χ1) is 14.7. The van der Waals surface area contributed by atoms with E-state index in [1.807, 2.05) is 19.1 Å². The number of phenolic OH excluding ortho intramolecular Hbond substituents is 2. The maximum absolute atomic E-state index is 13.1. The number of ketones is 1. The van der Waals surface area contributed by atoms with Crippen LogP contribution in [0.2, 0.25) is 0 Å². The lowest BCUT2D eigenvalue weighted by Crippen LogP contribution is -2.42. The molecule has 0 spiro atoms. The van der Waals surface area contributed by atoms with Crippen molar-refractivity contribution in [3.8, 4) is 11.5 Å². The molecule has 2 aliphatic carbocycles. The van der Waals surface area contributed by atoms with Crippen LogP contribution in [-0.4, -0.2) is 26.2 Å². The summed E-state index contributed by atoms with van der Waals surface area (Å²) in [7, 11) is 0. The van der Waals surface area contributed by atoms with E-state index in [0.717, 1.165) is 5.57 Å². The molecule has 5 heteroatoms. The number of carbonyl (C=O) groups excluding carboxylic acids is 1. The molecule has 4 N–H and O–H groups in total. The molecular weight excluding hydrogens is 404 g/mol. The van der Waals surface area contributed by atoms with Crippen molar-refractivity contribution >= 4 is 5.78 Å². The lowest BCUT2D eigenvalue weighted by Gasteiger charge is -2.46. The van der Waals surface area contributed by atoms with Gasteiger partial charge >= 0.3 is 0 Å². The van der Waals surface area contributed by atoms with Gasteiger partial charge in [0.2, 0.25) is 0 Å². The fraction of sp³-hybridized carbons (Fsp3) is 0.519. The fourth-order valence-corrected chi connectivity index (χ4v) is 5.89. The van der Waals surface area contributed by atoms with E-state index >= 15 is 0 Å². The van der Waals surface area contributed by atoms with Gasteiger partial charge in [-0.3, -0.25) is 4.79 Å². The largest absolute Gasteiger partial charge is 0.512 e. The minimum absolute atomic E-state index is 0.0521. The van der Waals surface area contributed by atoms with Gasteiger partial charge in [0.05, 0.1) is 5.76 Å². The standard InChI is InChI=1S/C27H36O5/c1-16(7-8-18-11-19(28)10-17(2)24(18)32)9-20(29)13-26(5)15-22-23(31)12-21(30)14-27(26,6)25(22,3)4/h7,10-12,14,22,28,30-32H,8-9,13,15H2,1-6H3/b16-7+/t22-,26+,27-/m0/s1. The molecule has 1 aromatic rings. The summed E-state index contributed by atoms with van der Waals surface area (Å²) in [5, 5.41) is 40.9. The number of hydrogen-bond acceptors (Lipinski definition) is 5. The Bertz CT molecular complexity index is 1030. The summed E-state index contributed by atoms with van der Waals surface area (Å²) in [6, 6.07) is 3.06. The van der Waals surface area contributed by atoms with Gasteiger partial charge < -0.3 is 20.4 Å². The number of benzene rings is 1. The Kier molecular flexibility index (Phi) is 6.01. The number of aliphatic hydroxyl groups excluding tert-OH is 2. The molecule has 1 fully saturated rings. The minimum Gasteiger partial charge on any atom is -0.512 e. The van der Waals surface area contributed by atoms with Crippen LogP contribution >= 0.6 is 0 Å². The quantitative estimate of drug-likeness (QED) is 0.312. The van der Waals surface area contributed by atoms with E-state index in [1.54, 1.807) is 13.0 Å². The lowest BCUT2D eigenvalue weighted by molar-refractivity contribution is -0.122. The zero-order chi connectivity index (χ0) is 24.1. The number of rotatable bonds is 6. The van der Waals surface area contributed by atoms with Gasteiger partial charge in [-0.05, 0) is 61.3 Å². The van der Waals surface area contributed by atoms with Crippen LogP contribution in [0.5, 0.6) is 11.5 Å². The zero-order valence-electron chi connectivity index (χ0n) is 20.0. The van der Waals surface area contributed by atoms with Crippen molar-refractivity contribution < 1.29 is 25.2 Å². The third-order valence-corrected chi connectivity index (χ3v) is 8.31. The first-order valence-electron chi connectivity index (χ1n) is 11.2. The number of Topliss-reactive ketones (excluding diaryl/α,β-unsaturated/α-hetero) is 1. The topological polar surface area (TPSA) is 98.0 Å². The van der Waals surface area contributed by atoms with Crippen molar-refractivity contribution in [1.82, 2.24) is 0 Å². The second-order valence-corrected chi connectivity index (χ2v) is 10.8. The molecule has 1 saturated carbocycles. The number of hydrogen-bond donors (Lipinski definition) is 4. The Morgan fingerprint density at radius 2 is 1.78 bits per heavy atom. The van der Waals surface area contributed by atoms with Crippen molar-refractivity contribution in [3.05, 3.63) is 58.6 Å². The van der Waals surface area contributed by atoms with Crippen LogP contribution in [0.3, 0.4) is 0 Å². The average molecular weight is 441 g/mol. The van der Waals surface area contributed by atoms with E-state index in [9.17, 15) is 25.2 Å².